The number of rotatable bonds is 5. The summed E-state index contributed by atoms with van der Waals surface area (Å²) in [5.41, 5.74) is 2.25. The van der Waals surface area contributed by atoms with Crippen molar-refractivity contribution in [1.82, 2.24) is 20.2 Å². The van der Waals surface area contributed by atoms with Crippen molar-refractivity contribution in [2.24, 2.45) is 0 Å². The number of aryl methyl sites for hydroxylation is 1. The molecule has 0 fully saturated rings. The standard InChI is InChI=1S/C22H28ClN7O3/c1-12-8-13(31)6-7-16(12)27-19-15(23)9-26-20(29-19)28-18(24)14-10-30(11-17(14)25-5)21(32)33-22(2,3)4/h6-9,25,31H,10-11H2,1-5H3,(H3,24,26,27,28,29). The normalized spacial score (nSPS) is 13.7. The van der Waals surface area contributed by atoms with Crippen LogP contribution in [0.15, 0.2) is 35.7 Å². The second kappa shape index (κ2) is 9.53. The van der Waals surface area contributed by atoms with E-state index in [4.69, 9.17) is 21.7 Å². The predicted octanol–water partition coefficient (Wildman–Crippen LogP) is 4.00. The Balaban J connectivity index is 1.74. The molecule has 0 bridgehead atoms. The predicted molar refractivity (Wildman–Crippen MR) is 128 cm³/mol. The van der Waals surface area contributed by atoms with Gasteiger partial charge in [-0.2, -0.15) is 4.98 Å². The van der Waals surface area contributed by atoms with Gasteiger partial charge in [-0.15, -0.1) is 0 Å². The maximum atomic E-state index is 12.4. The minimum absolute atomic E-state index is 0.0551. The molecule has 3 rings (SSSR count). The third-order valence-electron chi connectivity index (χ3n) is 4.76. The highest BCUT2D eigenvalue weighted by Gasteiger charge is 2.31. The van der Waals surface area contributed by atoms with Crippen LogP contribution in [-0.2, 0) is 4.74 Å². The summed E-state index contributed by atoms with van der Waals surface area (Å²) >= 11 is 6.25. The van der Waals surface area contributed by atoms with Crippen molar-refractivity contribution in [1.29, 1.82) is 5.41 Å². The Morgan fingerprint density at radius 3 is 2.67 bits per heavy atom. The zero-order valence-electron chi connectivity index (χ0n) is 19.2. The maximum absolute atomic E-state index is 12.4. The number of carbonyl (C=O) groups is 1. The molecule has 1 aliphatic heterocycles. The SMILES string of the molecule is CNC1=C(C(=N)Nc2ncc(Cl)c(Nc3ccc(O)cc3C)n2)CN(C(=O)OC(C)(C)C)C1. The van der Waals surface area contributed by atoms with Crippen LogP contribution in [-0.4, -0.2) is 57.6 Å². The number of likely N-dealkylation sites (N-methyl/N-ethyl adjacent to an activating group) is 1. The average molecular weight is 474 g/mol. The molecule has 11 heteroatoms. The lowest BCUT2D eigenvalue weighted by Crippen LogP contribution is -2.36. The van der Waals surface area contributed by atoms with E-state index in [0.29, 0.717) is 23.0 Å². The van der Waals surface area contributed by atoms with E-state index >= 15 is 0 Å². The molecule has 0 atom stereocenters. The second-order valence-corrected chi connectivity index (χ2v) is 8.97. The van der Waals surface area contributed by atoms with Crippen LogP contribution < -0.4 is 16.0 Å². The van der Waals surface area contributed by atoms with Gasteiger partial charge in [-0.05, 0) is 51.5 Å². The lowest BCUT2D eigenvalue weighted by molar-refractivity contribution is 0.0299. The fourth-order valence-electron chi connectivity index (χ4n) is 3.16. The first kappa shape index (κ1) is 24.1. The second-order valence-electron chi connectivity index (χ2n) is 8.56. The number of aromatic hydroxyl groups is 1. The summed E-state index contributed by atoms with van der Waals surface area (Å²) in [5, 5.41) is 27.5. The van der Waals surface area contributed by atoms with Gasteiger partial charge in [-0.3, -0.25) is 10.3 Å². The van der Waals surface area contributed by atoms with Crippen molar-refractivity contribution in [3.8, 4) is 5.75 Å². The number of amidine groups is 1. The summed E-state index contributed by atoms with van der Waals surface area (Å²) in [7, 11) is 1.74. The molecule has 0 saturated heterocycles. The molecule has 1 aromatic heterocycles. The van der Waals surface area contributed by atoms with Crippen LogP contribution in [0.4, 0.5) is 22.2 Å². The zero-order valence-corrected chi connectivity index (χ0v) is 20.0. The Hall–Kier alpha value is -3.53. The molecule has 1 aliphatic rings. The lowest BCUT2D eigenvalue weighted by Gasteiger charge is -2.24. The summed E-state index contributed by atoms with van der Waals surface area (Å²) in [4.78, 5) is 22.5. The Labute approximate surface area is 197 Å². The molecule has 10 nitrogen and oxygen atoms in total. The van der Waals surface area contributed by atoms with Crippen LogP contribution in [0.25, 0.3) is 0 Å². The number of halogens is 1. The summed E-state index contributed by atoms with van der Waals surface area (Å²) < 4.78 is 5.44. The van der Waals surface area contributed by atoms with Gasteiger partial charge in [-0.1, -0.05) is 11.6 Å². The molecule has 33 heavy (non-hydrogen) atoms. The van der Waals surface area contributed by atoms with E-state index in [1.807, 2.05) is 6.92 Å². The smallest absolute Gasteiger partial charge is 0.410 e. The van der Waals surface area contributed by atoms with E-state index in [2.05, 4.69) is 25.9 Å². The average Bonchev–Trinajstić information content (AvgIpc) is 3.16. The third-order valence-corrected chi connectivity index (χ3v) is 5.04. The number of hydrogen-bond donors (Lipinski definition) is 5. The number of hydrogen-bond acceptors (Lipinski definition) is 8. The third kappa shape index (κ3) is 6.04. The van der Waals surface area contributed by atoms with E-state index in [0.717, 1.165) is 16.9 Å². The number of anilines is 3. The van der Waals surface area contributed by atoms with Gasteiger partial charge >= 0.3 is 6.09 Å². The lowest BCUT2D eigenvalue weighted by atomic mass is 10.2. The molecule has 2 heterocycles. The Morgan fingerprint density at radius 1 is 1.30 bits per heavy atom. The number of carbonyl (C=O) groups excluding carboxylic acids is 1. The van der Waals surface area contributed by atoms with Gasteiger partial charge < -0.3 is 25.8 Å². The van der Waals surface area contributed by atoms with Gasteiger partial charge in [0.1, 0.15) is 22.2 Å². The van der Waals surface area contributed by atoms with Gasteiger partial charge in [-0.25, -0.2) is 9.78 Å². The highest BCUT2D eigenvalue weighted by Crippen LogP contribution is 2.28. The molecule has 2 aromatic rings. The Kier molecular flexibility index (Phi) is 6.97. The molecule has 176 valence electrons. The van der Waals surface area contributed by atoms with Crippen LogP contribution in [0, 0.1) is 12.3 Å². The molecule has 0 spiro atoms. The number of ether oxygens (including phenoxy) is 1. The molecule has 0 saturated carbocycles. The van der Waals surface area contributed by atoms with E-state index in [1.165, 1.54) is 11.1 Å². The summed E-state index contributed by atoms with van der Waals surface area (Å²) in [6, 6.07) is 4.89. The first-order chi connectivity index (χ1) is 15.5. The molecule has 1 aromatic carbocycles. The number of amides is 1. The van der Waals surface area contributed by atoms with Gasteiger partial charge in [0, 0.05) is 24.0 Å². The molecule has 0 unspecified atom stereocenters. The van der Waals surface area contributed by atoms with Crippen molar-refractivity contribution in [2.45, 2.75) is 33.3 Å². The first-order valence-corrected chi connectivity index (χ1v) is 10.7. The largest absolute Gasteiger partial charge is 0.508 e. The van der Waals surface area contributed by atoms with Crippen LogP contribution in [0.2, 0.25) is 5.02 Å². The summed E-state index contributed by atoms with van der Waals surface area (Å²) in [6.45, 7) is 7.78. The molecule has 0 radical (unpaired) electrons. The van der Waals surface area contributed by atoms with Gasteiger partial charge in [0.05, 0.1) is 19.3 Å². The molecular formula is C22H28ClN7O3. The molecule has 1 amide bonds. The number of phenolic OH excluding ortho intramolecular Hbond substituents is 1. The molecular weight excluding hydrogens is 446 g/mol. The minimum atomic E-state index is -0.609. The topological polar surface area (TPSA) is 135 Å². The molecule has 5 N–H and O–H groups in total. The van der Waals surface area contributed by atoms with Crippen LogP contribution in [0.1, 0.15) is 26.3 Å². The van der Waals surface area contributed by atoms with Gasteiger partial charge in [0.2, 0.25) is 5.95 Å². The summed E-state index contributed by atoms with van der Waals surface area (Å²) in [5.74, 6) is 0.732. The van der Waals surface area contributed by atoms with Crippen molar-refractivity contribution in [3.63, 3.8) is 0 Å². The number of benzene rings is 1. The Bertz CT molecular complexity index is 1110. The van der Waals surface area contributed by atoms with Crippen molar-refractivity contribution < 1.29 is 14.6 Å². The van der Waals surface area contributed by atoms with E-state index in [1.54, 1.807) is 46.0 Å². The van der Waals surface area contributed by atoms with E-state index in [9.17, 15) is 9.90 Å². The monoisotopic (exact) mass is 473 g/mol. The number of aromatic nitrogens is 2. The molecule has 0 aliphatic carbocycles. The Morgan fingerprint density at radius 2 is 2.03 bits per heavy atom. The number of phenols is 1. The highest BCUT2D eigenvalue weighted by molar-refractivity contribution is 6.33. The minimum Gasteiger partial charge on any atom is -0.508 e. The van der Waals surface area contributed by atoms with Crippen molar-refractivity contribution >= 4 is 41.0 Å². The van der Waals surface area contributed by atoms with Crippen LogP contribution in [0.5, 0.6) is 5.75 Å². The zero-order chi connectivity index (χ0) is 24.3. The quantitative estimate of drug-likeness (QED) is 0.250. The van der Waals surface area contributed by atoms with Crippen LogP contribution >= 0.6 is 11.6 Å². The van der Waals surface area contributed by atoms with E-state index < -0.39 is 11.7 Å². The number of nitrogens with zero attached hydrogens (tertiary/aromatic N) is 3. The van der Waals surface area contributed by atoms with Gasteiger partial charge in [0.25, 0.3) is 0 Å². The fraction of sp³-hybridized carbons (Fsp3) is 0.364. The highest BCUT2D eigenvalue weighted by atomic mass is 35.5. The fourth-order valence-corrected chi connectivity index (χ4v) is 3.30. The van der Waals surface area contributed by atoms with Gasteiger partial charge in [0.15, 0.2) is 5.82 Å². The number of nitrogens with one attached hydrogen (secondary N) is 4. The van der Waals surface area contributed by atoms with Crippen LogP contribution in [0.3, 0.4) is 0 Å². The summed E-state index contributed by atoms with van der Waals surface area (Å²) in [6.07, 6.45) is 0.980. The van der Waals surface area contributed by atoms with Crippen molar-refractivity contribution in [3.05, 3.63) is 46.3 Å². The van der Waals surface area contributed by atoms with Crippen molar-refractivity contribution in [2.75, 3.05) is 30.8 Å². The van der Waals surface area contributed by atoms with E-state index in [-0.39, 0.29) is 24.1 Å². The maximum Gasteiger partial charge on any atom is 0.410 e. The first-order valence-electron chi connectivity index (χ1n) is 10.3.